The minimum atomic E-state index is -4.67. The van der Waals surface area contributed by atoms with Gasteiger partial charge in [0, 0.05) is 6.07 Å². The van der Waals surface area contributed by atoms with Crippen molar-refractivity contribution in [3.8, 4) is 17.7 Å². The highest BCUT2D eigenvalue weighted by atomic mass is 19.4. The van der Waals surface area contributed by atoms with Crippen molar-refractivity contribution in [2.24, 2.45) is 0 Å². The van der Waals surface area contributed by atoms with Crippen molar-refractivity contribution in [3.63, 3.8) is 0 Å². The maximum absolute atomic E-state index is 13.0. The van der Waals surface area contributed by atoms with Gasteiger partial charge in [0.1, 0.15) is 5.75 Å². The highest BCUT2D eigenvalue weighted by Gasteiger charge is 2.35. The number of benzene rings is 1. The smallest absolute Gasteiger partial charge is 0.420 e. The Hall–Kier alpha value is -2.95. The number of aromatic nitrogens is 1. The van der Waals surface area contributed by atoms with E-state index in [1.54, 1.807) is 6.07 Å². The number of ether oxygens (including phenoxy) is 1. The lowest BCUT2D eigenvalue weighted by Gasteiger charge is -2.13. The van der Waals surface area contributed by atoms with E-state index in [1.807, 2.05) is 0 Å². The number of hydrogen-bond acceptors (Lipinski definition) is 5. The molecule has 2 rings (SSSR count). The lowest BCUT2D eigenvalue weighted by atomic mass is 10.1. The summed E-state index contributed by atoms with van der Waals surface area (Å²) in [6.07, 6.45) is -4.67. The summed E-state index contributed by atoms with van der Waals surface area (Å²) in [5, 5.41) is 8.67. The minimum absolute atomic E-state index is 0.0466. The molecule has 0 amide bonds. The Morgan fingerprint density at radius 1 is 1.14 bits per heavy atom. The lowest BCUT2D eigenvalue weighted by Crippen LogP contribution is -2.08. The summed E-state index contributed by atoms with van der Waals surface area (Å²) < 4.78 is 44.0. The van der Waals surface area contributed by atoms with Crippen molar-refractivity contribution in [2.45, 2.75) is 6.18 Å². The van der Waals surface area contributed by atoms with E-state index < -0.39 is 17.5 Å². The van der Waals surface area contributed by atoms with Crippen LogP contribution in [0.1, 0.15) is 11.1 Å². The van der Waals surface area contributed by atoms with Crippen molar-refractivity contribution in [3.05, 3.63) is 41.5 Å². The molecule has 8 heteroatoms. The molecular weight excluding hydrogens is 285 g/mol. The molecule has 0 unspecified atom stereocenters. The van der Waals surface area contributed by atoms with E-state index in [1.165, 1.54) is 18.2 Å². The Bertz CT molecular complexity index is 722. The molecule has 1 heterocycles. The zero-order valence-electron chi connectivity index (χ0n) is 10.5. The number of nitrogen functional groups attached to an aromatic ring is 2. The maximum atomic E-state index is 13.0. The Morgan fingerprint density at radius 2 is 1.86 bits per heavy atom. The number of anilines is 2. The van der Waals surface area contributed by atoms with E-state index in [9.17, 15) is 13.2 Å². The van der Waals surface area contributed by atoms with E-state index in [4.69, 9.17) is 21.5 Å². The maximum Gasteiger partial charge on any atom is 0.420 e. The predicted octanol–water partition coefficient (Wildman–Crippen LogP) is 2.93. The summed E-state index contributed by atoms with van der Waals surface area (Å²) in [5.41, 5.74) is 9.92. The molecule has 0 radical (unpaired) electrons. The molecule has 0 spiro atoms. The second kappa shape index (κ2) is 5.20. The van der Waals surface area contributed by atoms with Gasteiger partial charge < -0.3 is 16.2 Å². The molecule has 0 aliphatic heterocycles. The standard InChI is InChI=1S/C13H9F3N4O/c14-13(15,16)8-5-7(6-17)1-3-10(8)21-11-4-2-9(18)12(19)20-11/h1-5H,18H2,(H2,19,20). The van der Waals surface area contributed by atoms with Gasteiger partial charge in [-0.15, -0.1) is 0 Å². The molecule has 0 atom stereocenters. The molecule has 0 bridgehead atoms. The van der Waals surface area contributed by atoms with Crippen LogP contribution in [0.25, 0.3) is 0 Å². The van der Waals surface area contributed by atoms with Crippen LogP contribution in [0, 0.1) is 11.3 Å². The summed E-state index contributed by atoms with van der Waals surface area (Å²) in [6.45, 7) is 0. The quantitative estimate of drug-likeness (QED) is 0.887. The van der Waals surface area contributed by atoms with E-state index >= 15 is 0 Å². The van der Waals surface area contributed by atoms with Crippen LogP contribution in [-0.2, 0) is 6.18 Å². The summed E-state index contributed by atoms with van der Waals surface area (Å²) in [6, 6.07) is 7.27. The van der Waals surface area contributed by atoms with Gasteiger partial charge in [0.2, 0.25) is 5.88 Å². The van der Waals surface area contributed by atoms with Crippen molar-refractivity contribution in [1.82, 2.24) is 4.98 Å². The van der Waals surface area contributed by atoms with Gasteiger partial charge in [0.05, 0.1) is 22.9 Å². The first-order chi connectivity index (χ1) is 9.81. The third-order valence-electron chi connectivity index (χ3n) is 2.56. The van der Waals surface area contributed by atoms with Crippen LogP contribution in [0.15, 0.2) is 30.3 Å². The number of halogens is 3. The SMILES string of the molecule is N#Cc1ccc(Oc2ccc(N)c(N)n2)c(C(F)(F)F)c1. The molecule has 21 heavy (non-hydrogen) atoms. The molecule has 0 aliphatic rings. The first-order valence-corrected chi connectivity index (χ1v) is 5.62. The van der Waals surface area contributed by atoms with E-state index in [-0.39, 0.29) is 22.9 Å². The van der Waals surface area contributed by atoms with Crippen LogP contribution in [0.2, 0.25) is 0 Å². The zero-order chi connectivity index (χ0) is 15.6. The molecule has 1 aromatic heterocycles. The number of hydrogen-bond donors (Lipinski definition) is 2. The van der Waals surface area contributed by atoms with Gasteiger partial charge in [0.25, 0.3) is 0 Å². The summed E-state index contributed by atoms with van der Waals surface area (Å²) in [7, 11) is 0. The van der Waals surface area contributed by atoms with E-state index in [0.29, 0.717) is 6.07 Å². The molecule has 0 fully saturated rings. The van der Waals surface area contributed by atoms with Gasteiger partial charge in [-0.3, -0.25) is 0 Å². The van der Waals surface area contributed by atoms with Gasteiger partial charge in [-0.05, 0) is 24.3 Å². The average Bonchev–Trinajstić information content (AvgIpc) is 2.42. The van der Waals surface area contributed by atoms with Crippen LogP contribution < -0.4 is 16.2 Å². The fraction of sp³-hybridized carbons (Fsp3) is 0.0769. The first kappa shape index (κ1) is 14.5. The normalized spacial score (nSPS) is 11.0. The highest BCUT2D eigenvalue weighted by Crippen LogP contribution is 2.38. The molecule has 0 saturated carbocycles. The molecule has 0 aliphatic carbocycles. The number of nitrogens with zero attached hydrogens (tertiary/aromatic N) is 2. The molecular formula is C13H9F3N4O. The lowest BCUT2D eigenvalue weighted by molar-refractivity contribution is -0.138. The largest absolute Gasteiger partial charge is 0.438 e. The van der Waals surface area contributed by atoms with Gasteiger partial charge in [-0.2, -0.15) is 23.4 Å². The van der Waals surface area contributed by atoms with Crippen molar-refractivity contribution in [1.29, 1.82) is 5.26 Å². The second-order valence-corrected chi connectivity index (χ2v) is 4.05. The first-order valence-electron chi connectivity index (χ1n) is 5.62. The highest BCUT2D eigenvalue weighted by molar-refractivity contribution is 5.59. The Morgan fingerprint density at radius 3 is 2.43 bits per heavy atom. The van der Waals surface area contributed by atoms with Crippen LogP contribution in [0.3, 0.4) is 0 Å². The van der Waals surface area contributed by atoms with E-state index in [0.717, 1.165) is 6.07 Å². The van der Waals surface area contributed by atoms with Crippen molar-refractivity contribution >= 4 is 11.5 Å². The van der Waals surface area contributed by atoms with Crippen LogP contribution >= 0.6 is 0 Å². The molecule has 4 N–H and O–H groups in total. The Balaban J connectivity index is 2.44. The molecule has 2 aromatic rings. The topological polar surface area (TPSA) is 97.9 Å². The summed E-state index contributed by atoms with van der Waals surface area (Å²) in [4.78, 5) is 3.73. The number of nitriles is 1. The van der Waals surface area contributed by atoms with Crippen molar-refractivity contribution in [2.75, 3.05) is 11.5 Å². The minimum Gasteiger partial charge on any atom is -0.438 e. The van der Waals surface area contributed by atoms with E-state index in [2.05, 4.69) is 4.98 Å². The molecule has 108 valence electrons. The Labute approximate surface area is 117 Å². The summed E-state index contributed by atoms with van der Waals surface area (Å²) >= 11 is 0. The third-order valence-corrected chi connectivity index (χ3v) is 2.56. The predicted molar refractivity (Wildman–Crippen MR) is 69.3 cm³/mol. The third kappa shape index (κ3) is 3.14. The fourth-order valence-corrected chi connectivity index (χ4v) is 1.55. The number of nitrogens with two attached hydrogens (primary N) is 2. The van der Waals surface area contributed by atoms with Gasteiger partial charge in [-0.1, -0.05) is 0 Å². The molecule has 0 saturated heterocycles. The zero-order valence-corrected chi connectivity index (χ0v) is 10.5. The van der Waals surface area contributed by atoms with Crippen LogP contribution in [-0.4, -0.2) is 4.98 Å². The fourth-order valence-electron chi connectivity index (χ4n) is 1.55. The number of alkyl halides is 3. The second-order valence-electron chi connectivity index (χ2n) is 4.05. The van der Waals surface area contributed by atoms with Crippen LogP contribution in [0.5, 0.6) is 11.6 Å². The monoisotopic (exact) mass is 294 g/mol. The molecule has 5 nitrogen and oxygen atoms in total. The van der Waals surface area contributed by atoms with Crippen LogP contribution in [0.4, 0.5) is 24.7 Å². The summed E-state index contributed by atoms with van der Waals surface area (Å²) in [5.74, 6) is -0.648. The number of rotatable bonds is 2. The number of pyridine rings is 1. The van der Waals surface area contributed by atoms with Gasteiger partial charge in [-0.25, -0.2) is 0 Å². The van der Waals surface area contributed by atoms with Crippen molar-refractivity contribution < 1.29 is 17.9 Å². The van der Waals surface area contributed by atoms with Gasteiger partial charge >= 0.3 is 6.18 Å². The average molecular weight is 294 g/mol. The van der Waals surface area contributed by atoms with Gasteiger partial charge in [0.15, 0.2) is 5.82 Å². The Kier molecular flexibility index (Phi) is 3.58. The molecule has 1 aromatic carbocycles.